The van der Waals surface area contributed by atoms with Crippen molar-refractivity contribution in [2.24, 2.45) is 5.92 Å². The second kappa shape index (κ2) is 15.6. The van der Waals surface area contributed by atoms with Crippen LogP contribution in [0, 0.1) is 31.8 Å². The number of hydrogen-bond donors (Lipinski definition) is 0. The van der Waals surface area contributed by atoms with Gasteiger partial charge in [-0.05, 0) is 66.0 Å². The van der Waals surface area contributed by atoms with Crippen LogP contribution in [0.1, 0.15) is 73.6 Å². The number of rotatable bonds is 6. The van der Waals surface area contributed by atoms with Crippen LogP contribution < -0.4 is 0 Å². The Morgan fingerprint density at radius 2 is 1.29 bits per heavy atom. The third-order valence-electron chi connectivity index (χ3n) is 6.80. The molecule has 3 heteroatoms. The SMILES string of the molecule is [2H]C([2H])([2H])c1cnc(-c2[c-]cccc2)cc1C([2H])([2H])C1CCCCC1.[2H]C([2H])([2H])c1cnc(-c2[c-]cccc2)cc1C([2H])([2H])c1ccccc1.[Ir]. The van der Waals surface area contributed by atoms with E-state index < -0.39 is 26.4 Å². The van der Waals surface area contributed by atoms with Crippen molar-refractivity contribution in [3.8, 4) is 22.5 Å². The van der Waals surface area contributed by atoms with Crippen LogP contribution in [0.3, 0.4) is 0 Å². The Labute approximate surface area is 273 Å². The van der Waals surface area contributed by atoms with Crippen LogP contribution in [-0.2, 0) is 32.9 Å². The van der Waals surface area contributed by atoms with Gasteiger partial charge in [-0.2, -0.15) is 0 Å². The number of nitrogens with zero attached hydrogens (tertiary/aromatic N) is 2. The van der Waals surface area contributed by atoms with Crippen molar-refractivity contribution in [3.63, 3.8) is 0 Å². The van der Waals surface area contributed by atoms with Crippen molar-refractivity contribution < 1.29 is 33.8 Å². The minimum Gasteiger partial charge on any atom is -0.304 e. The second-order valence-corrected chi connectivity index (χ2v) is 9.75. The summed E-state index contributed by atoms with van der Waals surface area (Å²) in [5, 5.41) is 0. The molecule has 41 heavy (non-hydrogen) atoms. The Morgan fingerprint density at radius 1 is 0.732 bits per heavy atom. The molecule has 2 nitrogen and oxygen atoms in total. The zero-order valence-electron chi connectivity index (χ0n) is 32.7. The topological polar surface area (TPSA) is 25.8 Å². The second-order valence-electron chi connectivity index (χ2n) is 9.75. The fourth-order valence-corrected chi connectivity index (χ4v) is 4.68. The van der Waals surface area contributed by atoms with Gasteiger partial charge in [-0.1, -0.05) is 80.1 Å². The van der Waals surface area contributed by atoms with Gasteiger partial charge in [0, 0.05) is 46.2 Å². The van der Waals surface area contributed by atoms with Crippen LogP contribution in [0.4, 0.5) is 0 Å². The van der Waals surface area contributed by atoms with E-state index in [0.29, 0.717) is 22.5 Å². The summed E-state index contributed by atoms with van der Waals surface area (Å²) in [7, 11) is 0. The van der Waals surface area contributed by atoms with Gasteiger partial charge in [0.1, 0.15) is 0 Å². The number of aryl methyl sites for hydroxylation is 2. The van der Waals surface area contributed by atoms with Crippen LogP contribution in [0.5, 0.6) is 0 Å². The summed E-state index contributed by atoms with van der Waals surface area (Å²) in [6.07, 6.45) is 3.63. The van der Waals surface area contributed by atoms with E-state index in [1.54, 1.807) is 54.6 Å². The average molecular weight is 725 g/mol. The quantitative estimate of drug-likeness (QED) is 0.163. The molecule has 5 aromatic rings. The molecule has 3 aromatic carbocycles. The predicted molar refractivity (Wildman–Crippen MR) is 166 cm³/mol. The molecule has 0 spiro atoms. The van der Waals surface area contributed by atoms with Gasteiger partial charge in [-0.25, -0.2) is 0 Å². The summed E-state index contributed by atoms with van der Waals surface area (Å²) >= 11 is 0. The van der Waals surface area contributed by atoms with Crippen molar-refractivity contribution in [2.75, 3.05) is 0 Å². The van der Waals surface area contributed by atoms with Crippen LogP contribution in [0.2, 0.25) is 0 Å². The first-order valence-corrected chi connectivity index (χ1v) is 13.6. The zero-order valence-corrected chi connectivity index (χ0v) is 25.1. The Hall–Kier alpha value is -3.39. The largest absolute Gasteiger partial charge is 0.304 e. The van der Waals surface area contributed by atoms with Crippen LogP contribution >= 0.6 is 0 Å². The molecule has 6 rings (SSSR count). The number of hydrogen-bond acceptors (Lipinski definition) is 2. The van der Waals surface area contributed by atoms with E-state index in [4.69, 9.17) is 13.7 Å². The van der Waals surface area contributed by atoms with Crippen LogP contribution in [0.25, 0.3) is 22.5 Å². The fraction of sp³-hybridized carbons (Fsp3) is 0.263. The van der Waals surface area contributed by atoms with E-state index in [1.807, 2.05) is 30.3 Å². The summed E-state index contributed by atoms with van der Waals surface area (Å²) in [4.78, 5) is 8.50. The summed E-state index contributed by atoms with van der Waals surface area (Å²) in [6, 6.07) is 32.3. The smallest absolute Gasteiger partial charge is 0.0366 e. The maximum absolute atomic E-state index is 8.72. The predicted octanol–water partition coefficient (Wildman–Crippen LogP) is 9.43. The van der Waals surface area contributed by atoms with E-state index in [9.17, 15) is 0 Å². The van der Waals surface area contributed by atoms with Crippen molar-refractivity contribution in [1.29, 1.82) is 0 Å². The molecular formula is C38H38IrN2-2. The molecular weight excluding hydrogens is 677 g/mol. The summed E-state index contributed by atoms with van der Waals surface area (Å²) in [5.74, 6) is -0.155. The van der Waals surface area contributed by atoms with Gasteiger partial charge in [0.25, 0.3) is 0 Å². The van der Waals surface area contributed by atoms with E-state index in [0.717, 1.165) is 37.7 Å². The van der Waals surface area contributed by atoms with Crippen molar-refractivity contribution in [2.45, 2.75) is 58.6 Å². The Balaban J connectivity index is 0.000000224. The molecule has 1 saturated carbocycles. The molecule has 2 heterocycles. The molecule has 0 atom stereocenters. The van der Waals surface area contributed by atoms with Gasteiger partial charge in [0.2, 0.25) is 0 Å². The monoisotopic (exact) mass is 725 g/mol. The molecule has 1 radical (unpaired) electrons. The molecule has 1 aliphatic rings. The molecule has 0 unspecified atom stereocenters. The van der Waals surface area contributed by atoms with Crippen LogP contribution in [0.15, 0.2) is 103 Å². The van der Waals surface area contributed by atoms with Gasteiger partial charge in [-0.3, -0.25) is 0 Å². The summed E-state index contributed by atoms with van der Waals surface area (Å²) < 4.78 is 81.2. The van der Waals surface area contributed by atoms with Crippen molar-refractivity contribution in [1.82, 2.24) is 9.97 Å². The minimum atomic E-state index is -2.45. The van der Waals surface area contributed by atoms with E-state index >= 15 is 0 Å². The van der Waals surface area contributed by atoms with Gasteiger partial charge in [0.05, 0.1) is 0 Å². The number of aromatic nitrogens is 2. The van der Waals surface area contributed by atoms with Crippen molar-refractivity contribution >= 4 is 0 Å². The molecule has 0 amide bonds. The maximum atomic E-state index is 8.72. The maximum Gasteiger partial charge on any atom is 0.0366 e. The number of benzene rings is 3. The molecule has 0 N–H and O–H groups in total. The van der Waals surface area contributed by atoms with Gasteiger partial charge < -0.3 is 9.97 Å². The molecule has 1 aliphatic carbocycles. The summed E-state index contributed by atoms with van der Waals surface area (Å²) in [6.45, 7) is -4.84. The van der Waals surface area contributed by atoms with E-state index in [-0.39, 0.29) is 48.3 Å². The first-order valence-electron chi connectivity index (χ1n) is 18.6. The number of pyridine rings is 2. The summed E-state index contributed by atoms with van der Waals surface area (Å²) in [5.41, 5.74) is 3.15. The molecule has 0 aliphatic heterocycles. The third-order valence-corrected chi connectivity index (χ3v) is 6.80. The molecule has 2 aromatic heterocycles. The standard InChI is InChI=1S/C19H22N.C19H16N.Ir/c2*1-15-14-20-19(17-10-6-3-7-11-17)13-18(15)12-16-8-4-2-5-9-16;/h3,6-7,10,13-14,16H,2,4-5,8-9,12H2,1H3;2-10,13-14H,12H2,1H3;/q2*-1;/i2*1D3,12D2;. The van der Waals surface area contributed by atoms with Gasteiger partial charge in [-0.15, -0.1) is 71.8 Å². The van der Waals surface area contributed by atoms with Gasteiger partial charge >= 0.3 is 0 Å². The third kappa shape index (κ3) is 8.80. The molecule has 0 bridgehead atoms. The van der Waals surface area contributed by atoms with Crippen LogP contribution in [-0.4, -0.2) is 9.97 Å². The molecule has 211 valence electrons. The Kier molecular flexibility index (Phi) is 7.47. The zero-order chi connectivity index (χ0) is 36.2. The van der Waals surface area contributed by atoms with Gasteiger partial charge in [0.15, 0.2) is 0 Å². The normalized spacial score (nSPS) is 18.0. The van der Waals surface area contributed by atoms with E-state index in [2.05, 4.69) is 22.1 Å². The van der Waals surface area contributed by atoms with E-state index in [1.165, 1.54) is 18.5 Å². The Bertz CT molecular complexity index is 1860. The minimum absolute atomic E-state index is 0. The Morgan fingerprint density at radius 3 is 1.85 bits per heavy atom. The van der Waals surface area contributed by atoms with Crippen molar-refractivity contribution in [3.05, 3.63) is 143 Å². The molecule has 0 saturated heterocycles. The fourth-order valence-electron chi connectivity index (χ4n) is 4.68. The first-order chi connectivity index (χ1) is 23.6. The average Bonchev–Trinajstić information content (AvgIpc) is 3.12. The molecule has 1 fully saturated rings. The first kappa shape index (κ1) is 19.7.